The number of halogens is 1. The maximum absolute atomic E-state index is 14.4. The molecule has 0 saturated carbocycles. The van der Waals surface area contributed by atoms with Crippen molar-refractivity contribution >= 4 is 27.2 Å². The molecule has 0 aliphatic heterocycles. The molecule has 7 nitrogen and oxygen atoms in total. The molecule has 0 radical (unpaired) electrons. The molecular formula is C19H27FN4O3S2. The van der Waals surface area contributed by atoms with Gasteiger partial charge in [-0.05, 0) is 36.8 Å². The number of nitrogens with zero attached hydrogens (tertiary/aromatic N) is 3. The summed E-state index contributed by atoms with van der Waals surface area (Å²) in [7, 11) is -3.59. The molecule has 160 valence electrons. The van der Waals surface area contributed by atoms with Gasteiger partial charge in [0.1, 0.15) is 11.4 Å². The van der Waals surface area contributed by atoms with Gasteiger partial charge in [-0.2, -0.15) is 0 Å². The highest BCUT2D eigenvalue weighted by Gasteiger charge is 2.25. The van der Waals surface area contributed by atoms with Crippen LogP contribution >= 0.6 is 11.3 Å². The van der Waals surface area contributed by atoms with Crippen LogP contribution in [-0.4, -0.2) is 25.2 Å². The molecule has 2 aromatic rings. The van der Waals surface area contributed by atoms with E-state index < -0.39 is 27.2 Å². The lowest BCUT2D eigenvalue weighted by Crippen LogP contribution is -2.19. The first-order valence-corrected chi connectivity index (χ1v) is 11.6. The second-order valence-electron chi connectivity index (χ2n) is 7.98. The number of carbonyl (C=O) groups is 1. The summed E-state index contributed by atoms with van der Waals surface area (Å²) in [6.45, 7) is 10.5. The highest BCUT2D eigenvalue weighted by Crippen LogP contribution is 2.29. The van der Waals surface area contributed by atoms with E-state index in [1.54, 1.807) is 0 Å². The predicted octanol–water partition coefficient (Wildman–Crippen LogP) is 3.62. The second kappa shape index (κ2) is 8.55. The zero-order valence-electron chi connectivity index (χ0n) is 17.4. The zero-order valence-corrected chi connectivity index (χ0v) is 19.0. The molecule has 1 amide bonds. The Labute approximate surface area is 174 Å². The maximum Gasteiger partial charge on any atom is 0.259 e. The van der Waals surface area contributed by atoms with Crippen molar-refractivity contribution in [1.29, 1.82) is 0 Å². The molecule has 1 atom stereocenters. The van der Waals surface area contributed by atoms with E-state index in [-0.39, 0.29) is 28.3 Å². The molecular weight excluding hydrogens is 415 g/mol. The Hall–Kier alpha value is -1.75. The first-order chi connectivity index (χ1) is 13.2. The fraction of sp³-hybridized carbons (Fsp3) is 0.526. The summed E-state index contributed by atoms with van der Waals surface area (Å²) in [6.07, 6.45) is 0.902. The SMILES string of the molecule is CC(C)c1ncc(F)c(C(C)C)c1CC(=O)N=S(N)(=O)c1nc(C(C)(C)O)cs1. The molecule has 1 unspecified atom stereocenters. The van der Waals surface area contributed by atoms with E-state index in [0.717, 1.165) is 17.5 Å². The van der Waals surface area contributed by atoms with Crippen LogP contribution in [0.25, 0.3) is 0 Å². The highest BCUT2D eigenvalue weighted by molar-refractivity contribution is 7.93. The normalized spacial score (nSPS) is 14.3. The Bertz CT molecular complexity index is 1030. The van der Waals surface area contributed by atoms with Crippen molar-refractivity contribution in [3.8, 4) is 0 Å². The molecule has 29 heavy (non-hydrogen) atoms. The molecule has 3 N–H and O–H groups in total. The summed E-state index contributed by atoms with van der Waals surface area (Å²) in [4.78, 5) is 20.8. The highest BCUT2D eigenvalue weighted by atomic mass is 32.2. The molecule has 2 rings (SSSR count). The number of hydrogen-bond acceptors (Lipinski definition) is 6. The van der Waals surface area contributed by atoms with E-state index in [2.05, 4.69) is 14.3 Å². The van der Waals surface area contributed by atoms with Crippen LogP contribution in [0.4, 0.5) is 4.39 Å². The van der Waals surface area contributed by atoms with E-state index in [0.29, 0.717) is 16.8 Å². The number of aromatic nitrogens is 2. The molecule has 2 heterocycles. The largest absolute Gasteiger partial charge is 0.384 e. The van der Waals surface area contributed by atoms with Crippen molar-refractivity contribution in [1.82, 2.24) is 9.97 Å². The average molecular weight is 443 g/mol. The summed E-state index contributed by atoms with van der Waals surface area (Å²) in [5.74, 6) is -1.44. The van der Waals surface area contributed by atoms with Crippen LogP contribution < -0.4 is 5.14 Å². The lowest BCUT2D eigenvalue weighted by molar-refractivity contribution is -0.117. The van der Waals surface area contributed by atoms with Gasteiger partial charge >= 0.3 is 0 Å². The third kappa shape index (κ3) is 5.44. The van der Waals surface area contributed by atoms with Gasteiger partial charge in [-0.25, -0.2) is 18.7 Å². The van der Waals surface area contributed by atoms with E-state index in [4.69, 9.17) is 5.14 Å². The minimum Gasteiger partial charge on any atom is -0.384 e. The van der Waals surface area contributed by atoms with Gasteiger partial charge in [0.15, 0.2) is 9.92 Å². The lowest BCUT2D eigenvalue weighted by Gasteiger charge is -2.18. The van der Waals surface area contributed by atoms with E-state index >= 15 is 0 Å². The fourth-order valence-electron chi connectivity index (χ4n) is 2.91. The molecule has 0 aromatic carbocycles. The van der Waals surface area contributed by atoms with E-state index in [1.807, 2.05) is 27.7 Å². The van der Waals surface area contributed by atoms with Crippen LogP contribution in [0.15, 0.2) is 20.3 Å². The van der Waals surface area contributed by atoms with Crippen molar-refractivity contribution in [3.63, 3.8) is 0 Å². The molecule has 0 aliphatic rings. The van der Waals surface area contributed by atoms with Crippen LogP contribution in [0.5, 0.6) is 0 Å². The van der Waals surface area contributed by atoms with E-state index in [9.17, 15) is 18.5 Å². The summed E-state index contributed by atoms with van der Waals surface area (Å²) < 4.78 is 30.8. The fourth-order valence-corrected chi connectivity index (χ4v) is 5.10. The average Bonchev–Trinajstić information content (AvgIpc) is 3.04. The molecule has 10 heteroatoms. The molecule has 0 aliphatic carbocycles. The van der Waals surface area contributed by atoms with Gasteiger partial charge in [0.25, 0.3) is 5.91 Å². The minimum absolute atomic E-state index is 0.0357. The Kier molecular flexibility index (Phi) is 6.93. The number of rotatable bonds is 6. The summed E-state index contributed by atoms with van der Waals surface area (Å²) in [6, 6.07) is 0. The standard InChI is InChI=1S/C19H27FN4O3S2/c1-10(2)16-12(17(11(3)4)22-8-13(16)20)7-15(25)24-29(21,27)18-23-14(9-28-18)19(5,6)26/h8-11,26H,7H2,1-6H3,(H2,21,24,25,27). The summed E-state index contributed by atoms with van der Waals surface area (Å²) >= 11 is 0.960. The number of nitrogens with two attached hydrogens (primary N) is 1. The van der Waals surface area contributed by atoms with Crippen molar-refractivity contribution in [3.05, 3.63) is 39.9 Å². The van der Waals surface area contributed by atoms with Gasteiger partial charge in [-0.1, -0.05) is 27.7 Å². The molecule has 0 saturated heterocycles. The maximum atomic E-state index is 14.4. The number of thiazole rings is 1. The topological polar surface area (TPSA) is 119 Å². The number of pyridine rings is 1. The molecule has 0 spiro atoms. The van der Waals surface area contributed by atoms with Crippen LogP contribution in [0.1, 0.15) is 75.9 Å². The zero-order chi connectivity index (χ0) is 22.1. The Morgan fingerprint density at radius 2 is 1.97 bits per heavy atom. The Morgan fingerprint density at radius 3 is 2.45 bits per heavy atom. The predicted molar refractivity (Wildman–Crippen MR) is 111 cm³/mol. The number of aliphatic hydroxyl groups is 1. The third-order valence-corrected chi connectivity index (χ3v) is 6.96. The smallest absolute Gasteiger partial charge is 0.259 e. The Morgan fingerprint density at radius 1 is 1.34 bits per heavy atom. The monoisotopic (exact) mass is 442 g/mol. The van der Waals surface area contributed by atoms with Crippen molar-refractivity contribution in [2.45, 2.75) is 69.7 Å². The molecule has 0 bridgehead atoms. The van der Waals surface area contributed by atoms with Gasteiger partial charge in [0.2, 0.25) is 4.34 Å². The van der Waals surface area contributed by atoms with Gasteiger partial charge in [-0.15, -0.1) is 15.7 Å². The summed E-state index contributed by atoms with van der Waals surface area (Å²) in [5, 5.41) is 17.3. The second-order valence-corrected chi connectivity index (χ2v) is 10.8. The van der Waals surface area contributed by atoms with Crippen molar-refractivity contribution in [2.75, 3.05) is 0 Å². The van der Waals surface area contributed by atoms with Crippen LogP contribution in [-0.2, 0) is 26.7 Å². The first kappa shape index (κ1) is 23.5. The van der Waals surface area contributed by atoms with Gasteiger partial charge in [0.05, 0.1) is 18.3 Å². The number of amides is 1. The number of hydrogen-bond donors (Lipinski definition) is 2. The van der Waals surface area contributed by atoms with Gasteiger partial charge < -0.3 is 5.11 Å². The van der Waals surface area contributed by atoms with Crippen molar-refractivity contribution in [2.24, 2.45) is 9.50 Å². The third-order valence-electron chi connectivity index (χ3n) is 4.26. The molecule has 2 aromatic heterocycles. The van der Waals surface area contributed by atoms with Crippen LogP contribution in [0.3, 0.4) is 0 Å². The number of carbonyl (C=O) groups excluding carboxylic acids is 1. The quantitative estimate of drug-likeness (QED) is 0.708. The van der Waals surface area contributed by atoms with Gasteiger partial charge in [-0.3, -0.25) is 9.78 Å². The van der Waals surface area contributed by atoms with Crippen molar-refractivity contribution < 1.29 is 18.5 Å². The van der Waals surface area contributed by atoms with Crippen LogP contribution in [0.2, 0.25) is 0 Å². The molecule has 0 fully saturated rings. The van der Waals surface area contributed by atoms with E-state index in [1.165, 1.54) is 19.2 Å². The van der Waals surface area contributed by atoms with Gasteiger partial charge in [0, 0.05) is 11.1 Å². The minimum atomic E-state index is -3.59. The first-order valence-electron chi connectivity index (χ1n) is 9.17. The summed E-state index contributed by atoms with van der Waals surface area (Å²) in [5.41, 5.74) is 0.502. The van der Waals surface area contributed by atoms with Crippen LogP contribution in [0, 0.1) is 5.82 Å². The Balaban J connectivity index is 2.46. The lowest BCUT2D eigenvalue weighted by atomic mass is 9.90.